The van der Waals surface area contributed by atoms with Crippen LogP contribution in [0.3, 0.4) is 0 Å². The number of tetrazole rings is 1. The molecule has 0 N–H and O–H groups in total. The molecule has 7 heteroatoms. The molecule has 2 aromatic heterocycles. The summed E-state index contributed by atoms with van der Waals surface area (Å²) in [5.74, 6) is 0. The van der Waals surface area contributed by atoms with Crippen LogP contribution in [0.15, 0.2) is 28.5 Å². The smallest absolute Gasteiger partial charge is 0.215 e. The Hall–Kier alpha value is -1.94. The fourth-order valence-electron chi connectivity index (χ4n) is 2.23. The first kappa shape index (κ1) is 12.1. The van der Waals surface area contributed by atoms with Gasteiger partial charge in [0.25, 0.3) is 0 Å². The third kappa shape index (κ3) is 2.58. The molecule has 0 radical (unpaired) electrons. The maximum Gasteiger partial charge on any atom is 0.215 e. The largest absolute Gasteiger partial charge is 0.248 e. The molecule has 2 heterocycles. The summed E-state index contributed by atoms with van der Waals surface area (Å²) in [5, 5.41) is 22.2. The van der Waals surface area contributed by atoms with Crippen LogP contribution in [0.1, 0.15) is 37.3 Å². The zero-order chi connectivity index (χ0) is 13.1. The summed E-state index contributed by atoms with van der Waals surface area (Å²) < 4.78 is 1.90. The van der Waals surface area contributed by atoms with Gasteiger partial charge in [-0.05, 0) is 47.2 Å². The average molecular weight is 272 g/mol. The number of rotatable bonds is 3. The quantitative estimate of drug-likeness (QED) is 0.852. The molecule has 0 atom stereocenters. The Kier molecular flexibility index (Phi) is 3.42. The zero-order valence-electron chi connectivity index (χ0n) is 10.2. The van der Waals surface area contributed by atoms with Crippen molar-refractivity contribution in [3.05, 3.63) is 23.9 Å². The van der Waals surface area contributed by atoms with E-state index < -0.39 is 0 Å². The minimum absolute atomic E-state index is 0.413. The average Bonchev–Trinajstić information content (AvgIpc) is 3.10. The lowest BCUT2D eigenvalue weighted by molar-refractivity contribution is 0.423. The summed E-state index contributed by atoms with van der Waals surface area (Å²) in [7, 11) is 0. The van der Waals surface area contributed by atoms with Gasteiger partial charge >= 0.3 is 0 Å². The van der Waals surface area contributed by atoms with Gasteiger partial charge in [-0.1, -0.05) is 12.8 Å². The lowest BCUT2D eigenvalue weighted by Crippen LogP contribution is -2.08. The Bertz CT molecular complexity index is 593. The zero-order valence-corrected chi connectivity index (χ0v) is 11.0. The molecular formula is C12H12N6S. The first-order chi connectivity index (χ1) is 9.36. The van der Waals surface area contributed by atoms with Crippen LogP contribution in [-0.2, 0) is 0 Å². The molecule has 0 amide bonds. The molecule has 1 saturated carbocycles. The molecule has 3 rings (SSSR count). The standard InChI is InChI=1S/C12H12N6S/c13-7-9-5-6-11(14-8-9)19-12-15-16-17-18(12)10-3-1-2-4-10/h5-6,8,10H,1-4H2. The molecule has 19 heavy (non-hydrogen) atoms. The van der Waals surface area contributed by atoms with Crippen LogP contribution < -0.4 is 0 Å². The molecule has 6 nitrogen and oxygen atoms in total. The van der Waals surface area contributed by atoms with Crippen LogP contribution in [0.2, 0.25) is 0 Å². The topological polar surface area (TPSA) is 80.3 Å². The van der Waals surface area contributed by atoms with E-state index in [1.165, 1.54) is 24.6 Å². The second-order valence-electron chi connectivity index (χ2n) is 4.44. The fraction of sp³-hybridized carbons (Fsp3) is 0.417. The summed E-state index contributed by atoms with van der Waals surface area (Å²) in [6.45, 7) is 0. The number of hydrogen-bond donors (Lipinski definition) is 0. The molecule has 0 aromatic carbocycles. The summed E-state index contributed by atoms with van der Waals surface area (Å²) in [6, 6.07) is 6.03. The lowest BCUT2D eigenvalue weighted by atomic mass is 10.3. The number of aromatic nitrogens is 5. The number of pyridine rings is 1. The van der Waals surface area contributed by atoms with E-state index in [9.17, 15) is 0 Å². The highest BCUT2D eigenvalue weighted by molar-refractivity contribution is 7.99. The Balaban J connectivity index is 1.79. The van der Waals surface area contributed by atoms with Gasteiger partial charge in [-0.15, -0.1) is 5.10 Å². The Morgan fingerprint density at radius 1 is 1.32 bits per heavy atom. The van der Waals surface area contributed by atoms with Crippen molar-refractivity contribution >= 4 is 11.8 Å². The maximum atomic E-state index is 8.74. The van der Waals surface area contributed by atoms with Gasteiger partial charge in [-0.3, -0.25) is 0 Å². The molecule has 0 aliphatic heterocycles. The van der Waals surface area contributed by atoms with Gasteiger partial charge in [0.15, 0.2) is 0 Å². The normalized spacial score (nSPS) is 15.5. The Labute approximate surface area is 114 Å². The van der Waals surface area contributed by atoms with Crippen LogP contribution >= 0.6 is 11.8 Å². The maximum absolute atomic E-state index is 8.74. The van der Waals surface area contributed by atoms with Crippen molar-refractivity contribution in [2.45, 2.75) is 41.9 Å². The molecule has 1 aliphatic carbocycles. The second-order valence-corrected chi connectivity index (χ2v) is 5.43. The van der Waals surface area contributed by atoms with Gasteiger partial charge in [-0.25, -0.2) is 9.67 Å². The fourth-order valence-corrected chi connectivity index (χ4v) is 3.02. The van der Waals surface area contributed by atoms with Gasteiger partial charge in [0.1, 0.15) is 11.1 Å². The molecule has 0 unspecified atom stereocenters. The predicted molar refractivity (Wildman–Crippen MR) is 68.4 cm³/mol. The van der Waals surface area contributed by atoms with Gasteiger partial charge in [-0.2, -0.15) is 5.26 Å². The molecule has 1 aliphatic rings. The van der Waals surface area contributed by atoms with Crippen molar-refractivity contribution in [2.24, 2.45) is 0 Å². The van der Waals surface area contributed by atoms with E-state index in [0.717, 1.165) is 23.0 Å². The Morgan fingerprint density at radius 3 is 2.84 bits per heavy atom. The van der Waals surface area contributed by atoms with E-state index in [1.54, 1.807) is 12.3 Å². The summed E-state index contributed by atoms with van der Waals surface area (Å²) in [5.41, 5.74) is 0.555. The van der Waals surface area contributed by atoms with E-state index in [1.807, 2.05) is 10.7 Å². The van der Waals surface area contributed by atoms with Crippen molar-refractivity contribution in [1.82, 2.24) is 25.2 Å². The number of hydrogen-bond acceptors (Lipinski definition) is 6. The van der Waals surface area contributed by atoms with Crippen molar-refractivity contribution in [3.63, 3.8) is 0 Å². The minimum atomic E-state index is 0.413. The monoisotopic (exact) mass is 272 g/mol. The predicted octanol–water partition coefficient (Wildman–Crippen LogP) is 2.21. The first-order valence-electron chi connectivity index (χ1n) is 6.18. The molecule has 0 bridgehead atoms. The van der Waals surface area contributed by atoms with Crippen molar-refractivity contribution in [2.75, 3.05) is 0 Å². The van der Waals surface area contributed by atoms with Crippen LogP contribution in [0.25, 0.3) is 0 Å². The van der Waals surface area contributed by atoms with Crippen LogP contribution in [0, 0.1) is 11.3 Å². The van der Waals surface area contributed by atoms with E-state index in [4.69, 9.17) is 5.26 Å². The van der Waals surface area contributed by atoms with Crippen LogP contribution in [0.5, 0.6) is 0 Å². The van der Waals surface area contributed by atoms with Crippen molar-refractivity contribution < 1.29 is 0 Å². The molecular weight excluding hydrogens is 260 g/mol. The van der Waals surface area contributed by atoms with Crippen LogP contribution in [-0.4, -0.2) is 25.2 Å². The van der Waals surface area contributed by atoms with E-state index in [2.05, 4.69) is 26.6 Å². The third-order valence-corrected chi connectivity index (χ3v) is 4.10. The second kappa shape index (κ2) is 5.36. The van der Waals surface area contributed by atoms with E-state index in [0.29, 0.717) is 11.6 Å². The highest BCUT2D eigenvalue weighted by atomic mass is 32.2. The SMILES string of the molecule is N#Cc1ccc(Sc2nnnn2C2CCCC2)nc1. The molecule has 2 aromatic rings. The minimum Gasteiger partial charge on any atom is -0.248 e. The number of nitrogens with zero attached hydrogens (tertiary/aromatic N) is 6. The molecule has 1 fully saturated rings. The summed E-state index contributed by atoms with van der Waals surface area (Å²) >= 11 is 1.43. The van der Waals surface area contributed by atoms with Crippen LogP contribution in [0.4, 0.5) is 0 Å². The first-order valence-corrected chi connectivity index (χ1v) is 7.00. The molecule has 0 spiro atoms. The van der Waals surface area contributed by atoms with Gasteiger partial charge in [0, 0.05) is 6.20 Å². The highest BCUT2D eigenvalue weighted by Crippen LogP contribution is 2.33. The van der Waals surface area contributed by atoms with Gasteiger partial charge < -0.3 is 0 Å². The van der Waals surface area contributed by atoms with Crippen molar-refractivity contribution in [1.29, 1.82) is 5.26 Å². The lowest BCUT2D eigenvalue weighted by Gasteiger charge is -2.10. The highest BCUT2D eigenvalue weighted by Gasteiger charge is 2.22. The van der Waals surface area contributed by atoms with E-state index in [-0.39, 0.29) is 0 Å². The third-order valence-electron chi connectivity index (χ3n) is 3.19. The molecule has 0 saturated heterocycles. The van der Waals surface area contributed by atoms with Crippen molar-refractivity contribution in [3.8, 4) is 6.07 Å². The van der Waals surface area contributed by atoms with Gasteiger partial charge in [0.2, 0.25) is 5.16 Å². The van der Waals surface area contributed by atoms with E-state index >= 15 is 0 Å². The Morgan fingerprint density at radius 2 is 2.16 bits per heavy atom. The molecule has 96 valence electrons. The number of nitriles is 1. The summed E-state index contributed by atoms with van der Waals surface area (Å²) in [4.78, 5) is 4.22. The van der Waals surface area contributed by atoms with Gasteiger partial charge in [0.05, 0.1) is 11.6 Å². The summed E-state index contributed by atoms with van der Waals surface area (Å²) in [6.07, 6.45) is 6.32.